The van der Waals surface area contributed by atoms with Crippen molar-refractivity contribution < 1.29 is 9.72 Å². The van der Waals surface area contributed by atoms with Gasteiger partial charge in [0, 0.05) is 30.9 Å². The van der Waals surface area contributed by atoms with Crippen LogP contribution in [0.5, 0.6) is 0 Å². The maximum atomic E-state index is 13.0. The van der Waals surface area contributed by atoms with Crippen LogP contribution in [0.1, 0.15) is 35.4 Å². The minimum atomic E-state index is -0.508. The molecule has 1 fully saturated rings. The van der Waals surface area contributed by atoms with Gasteiger partial charge in [-0.05, 0) is 51.8 Å². The van der Waals surface area contributed by atoms with Crippen molar-refractivity contribution >= 4 is 11.6 Å². The second-order valence-electron chi connectivity index (χ2n) is 7.28. The van der Waals surface area contributed by atoms with Crippen LogP contribution in [0.3, 0.4) is 0 Å². The normalized spacial score (nSPS) is 14.8. The van der Waals surface area contributed by atoms with E-state index in [1.54, 1.807) is 30.0 Å². The molecule has 0 radical (unpaired) electrons. The summed E-state index contributed by atoms with van der Waals surface area (Å²) in [6, 6.07) is 7.43. The van der Waals surface area contributed by atoms with E-state index < -0.39 is 16.3 Å². The predicted octanol–water partition coefficient (Wildman–Crippen LogP) is 1.91. The molecule has 0 aliphatic carbocycles. The first-order chi connectivity index (χ1) is 13.9. The van der Waals surface area contributed by atoms with E-state index in [0.29, 0.717) is 24.7 Å². The molecule has 0 saturated carbocycles. The fraction of sp³-hybridized carbons (Fsp3) is 0.450. The number of carbonyl (C=O) groups is 1. The Hall–Kier alpha value is -3.07. The first kappa shape index (κ1) is 20.7. The average Bonchev–Trinajstić information content (AvgIpc) is 2.72. The molecule has 1 aromatic carbocycles. The van der Waals surface area contributed by atoms with Crippen LogP contribution in [0, 0.1) is 23.0 Å². The van der Waals surface area contributed by atoms with Gasteiger partial charge >= 0.3 is 0 Å². The second-order valence-corrected chi connectivity index (χ2v) is 7.28. The van der Waals surface area contributed by atoms with Crippen molar-refractivity contribution in [2.24, 2.45) is 5.92 Å². The lowest BCUT2D eigenvalue weighted by Gasteiger charge is -2.31. The molecular weight excluding hydrogens is 374 g/mol. The molecule has 1 aromatic heterocycles. The number of carbonyl (C=O) groups excluding carboxylic acids is 1. The number of likely N-dealkylation sites (tertiary alicyclic amines) is 1. The lowest BCUT2D eigenvalue weighted by Crippen LogP contribution is -2.41. The van der Waals surface area contributed by atoms with Gasteiger partial charge in [0.25, 0.3) is 11.6 Å². The van der Waals surface area contributed by atoms with Crippen LogP contribution in [-0.4, -0.2) is 52.2 Å². The number of piperidine rings is 1. The molecule has 1 amide bonds. The van der Waals surface area contributed by atoms with Gasteiger partial charge in [0.2, 0.25) is 5.43 Å². The number of nitrogens with zero attached hydrogens (tertiary/aromatic N) is 4. The molecule has 1 aliphatic rings. The Bertz CT molecular complexity index is 964. The molecule has 9 heteroatoms. The van der Waals surface area contributed by atoms with Gasteiger partial charge in [-0.3, -0.25) is 19.7 Å². The third-order valence-electron chi connectivity index (χ3n) is 5.32. The summed E-state index contributed by atoms with van der Waals surface area (Å²) in [4.78, 5) is 37.9. The van der Waals surface area contributed by atoms with E-state index in [1.165, 1.54) is 16.8 Å². The Morgan fingerprint density at radius 3 is 2.66 bits per heavy atom. The van der Waals surface area contributed by atoms with Crippen molar-refractivity contribution in [2.75, 3.05) is 26.7 Å². The van der Waals surface area contributed by atoms with Crippen LogP contribution in [0.15, 0.2) is 35.1 Å². The van der Waals surface area contributed by atoms with Crippen molar-refractivity contribution in [3.05, 3.63) is 62.1 Å². The monoisotopic (exact) mass is 399 g/mol. The van der Waals surface area contributed by atoms with Crippen molar-refractivity contribution in [1.82, 2.24) is 20.0 Å². The third-order valence-corrected chi connectivity index (χ3v) is 5.32. The SMILES string of the molecule is CNCCC1CCN(C(=O)c2nn(-c3ccccc3[N+](=O)[O-])c(C)cc2=O)CC1. The van der Waals surface area contributed by atoms with Gasteiger partial charge in [0.1, 0.15) is 5.69 Å². The number of para-hydroxylation sites is 2. The Morgan fingerprint density at radius 1 is 1.31 bits per heavy atom. The number of nitrogens with one attached hydrogen (secondary N) is 1. The number of rotatable bonds is 6. The second kappa shape index (κ2) is 8.95. The summed E-state index contributed by atoms with van der Waals surface area (Å²) < 4.78 is 1.30. The van der Waals surface area contributed by atoms with Gasteiger partial charge in [0.05, 0.1) is 4.92 Å². The highest BCUT2D eigenvalue weighted by molar-refractivity contribution is 5.92. The van der Waals surface area contributed by atoms with Crippen molar-refractivity contribution in [2.45, 2.75) is 26.2 Å². The number of aromatic nitrogens is 2. The number of nitro benzene ring substituents is 1. The molecule has 1 aliphatic heterocycles. The first-order valence-electron chi connectivity index (χ1n) is 9.71. The highest BCUT2D eigenvalue weighted by Gasteiger charge is 2.27. The van der Waals surface area contributed by atoms with Gasteiger partial charge in [-0.15, -0.1) is 0 Å². The van der Waals surface area contributed by atoms with Crippen molar-refractivity contribution in [1.29, 1.82) is 0 Å². The summed E-state index contributed by atoms with van der Waals surface area (Å²) in [5.74, 6) is 0.135. The molecule has 154 valence electrons. The first-order valence-corrected chi connectivity index (χ1v) is 9.71. The third kappa shape index (κ3) is 4.51. The number of hydrogen-bond donors (Lipinski definition) is 1. The highest BCUT2D eigenvalue weighted by Crippen LogP contribution is 2.23. The maximum Gasteiger partial charge on any atom is 0.294 e. The molecule has 0 bridgehead atoms. The number of amides is 1. The minimum Gasteiger partial charge on any atom is -0.337 e. The number of hydrogen-bond acceptors (Lipinski definition) is 6. The van der Waals surface area contributed by atoms with E-state index in [1.807, 2.05) is 7.05 Å². The fourth-order valence-corrected chi connectivity index (χ4v) is 3.66. The smallest absolute Gasteiger partial charge is 0.294 e. The summed E-state index contributed by atoms with van der Waals surface area (Å²) in [6.45, 7) is 3.73. The zero-order valence-corrected chi connectivity index (χ0v) is 16.6. The summed E-state index contributed by atoms with van der Waals surface area (Å²) in [5, 5.41) is 18.7. The molecule has 3 rings (SSSR count). The largest absolute Gasteiger partial charge is 0.337 e. The van der Waals surface area contributed by atoms with Crippen LogP contribution in [-0.2, 0) is 0 Å². The minimum absolute atomic E-state index is 0.143. The van der Waals surface area contributed by atoms with Crippen LogP contribution >= 0.6 is 0 Å². The van der Waals surface area contributed by atoms with Crippen LogP contribution in [0.2, 0.25) is 0 Å². The van der Waals surface area contributed by atoms with Crippen LogP contribution < -0.4 is 10.7 Å². The summed E-state index contributed by atoms with van der Waals surface area (Å²) in [6.07, 6.45) is 2.83. The number of nitro groups is 1. The van der Waals surface area contributed by atoms with E-state index in [2.05, 4.69) is 10.4 Å². The van der Waals surface area contributed by atoms with Gasteiger partial charge in [-0.1, -0.05) is 12.1 Å². The lowest BCUT2D eigenvalue weighted by atomic mass is 9.93. The fourth-order valence-electron chi connectivity index (χ4n) is 3.66. The quantitative estimate of drug-likeness (QED) is 0.587. The zero-order valence-electron chi connectivity index (χ0n) is 16.6. The summed E-state index contributed by atoms with van der Waals surface area (Å²) >= 11 is 0. The van der Waals surface area contributed by atoms with Gasteiger partial charge in [-0.2, -0.15) is 5.10 Å². The Balaban J connectivity index is 1.88. The van der Waals surface area contributed by atoms with E-state index in [0.717, 1.165) is 25.8 Å². The van der Waals surface area contributed by atoms with E-state index in [-0.39, 0.29) is 17.1 Å². The zero-order chi connectivity index (χ0) is 21.0. The summed E-state index contributed by atoms with van der Waals surface area (Å²) in [5.41, 5.74) is -0.181. The summed E-state index contributed by atoms with van der Waals surface area (Å²) in [7, 11) is 1.92. The van der Waals surface area contributed by atoms with Crippen molar-refractivity contribution in [3.63, 3.8) is 0 Å². The Kier molecular flexibility index (Phi) is 6.38. The molecule has 2 aromatic rings. The molecule has 29 heavy (non-hydrogen) atoms. The molecule has 1 saturated heterocycles. The maximum absolute atomic E-state index is 13.0. The van der Waals surface area contributed by atoms with Gasteiger partial charge in [0.15, 0.2) is 5.69 Å². The average molecular weight is 399 g/mol. The molecule has 2 heterocycles. The molecule has 0 spiro atoms. The predicted molar refractivity (Wildman–Crippen MR) is 108 cm³/mol. The lowest BCUT2D eigenvalue weighted by molar-refractivity contribution is -0.384. The van der Waals surface area contributed by atoms with E-state index >= 15 is 0 Å². The Morgan fingerprint density at radius 2 is 2.00 bits per heavy atom. The number of benzene rings is 1. The van der Waals surface area contributed by atoms with Gasteiger partial charge < -0.3 is 10.2 Å². The van der Waals surface area contributed by atoms with Gasteiger partial charge in [-0.25, -0.2) is 4.68 Å². The highest BCUT2D eigenvalue weighted by atomic mass is 16.6. The molecule has 0 unspecified atom stereocenters. The van der Waals surface area contributed by atoms with E-state index in [4.69, 9.17) is 0 Å². The molecule has 1 N–H and O–H groups in total. The van der Waals surface area contributed by atoms with Crippen LogP contribution in [0.25, 0.3) is 5.69 Å². The van der Waals surface area contributed by atoms with Crippen LogP contribution in [0.4, 0.5) is 5.69 Å². The van der Waals surface area contributed by atoms with Crippen molar-refractivity contribution in [3.8, 4) is 5.69 Å². The van der Waals surface area contributed by atoms with E-state index in [9.17, 15) is 19.7 Å². The topological polar surface area (TPSA) is 110 Å². The Labute approximate surface area is 168 Å². The molecular formula is C20H25N5O4. The molecule has 9 nitrogen and oxygen atoms in total. The number of aryl methyl sites for hydroxylation is 1. The molecule has 0 atom stereocenters. The standard InChI is InChI=1S/C20H25N5O4/c1-14-13-18(26)19(20(27)23-11-8-15(9-12-23)7-10-21-2)22-24(14)16-5-3-4-6-17(16)25(28)29/h3-6,13,15,21H,7-12H2,1-2H3.